The second kappa shape index (κ2) is 15.1. The van der Waals surface area contributed by atoms with E-state index in [0.29, 0.717) is 23.2 Å². The molecular formula is C29H30ClN3O4S. The van der Waals surface area contributed by atoms with Crippen LogP contribution in [0.3, 0.4) is 0 Å². The number of amides is 1. The lowest BCUT2D eigenvalue weighted by molar-refractivity contribution is 0.103. The molecule has 7 nitrogen and oxygen atoms in total. The third kappa shape index (κ3) is 8.83. The van der Waals surface area contributed by atoms with Crippen molar-refractivity contribution < 1.29 is 19.2 Å². The number of ketones is 2. The van der Waals surface area contributed by atoms with Gasteiger partial charge in [0.2, 0.25) is 11.0 Å². The van der Waals surface area contributed by atoms with E-state index in [2.05, 4.69) is 27.8 Å². The summed E-state index contributed by atoms with van der Waals surface area (Å²) in [6.45, 7) is 4.65. The topological polar surface area (TPSA) is 96.9 Å². The summed E-state index contributed by atoms with van der Waals surface area (Å²) < 4.78 is 0. The highest BCUT2D eigenvalue weighted by Crippen LogP contribution is 2.28. The van der Waals surface area contributed by atoms with Crippen LogP contribution in [0, 0.1) is 6.92 Å². The first-order valence-electron chi connectivity index (χ1n) is 12.4. The molecule has 0 aliphatic heterocycles. The molecule has 0 spiro atoms. The van der Waals surface area contributed by atoms with Crippen molar-refractivity contribution >= 4 is 46.2 Å². The minimum Gasteiger partial charge on any atom is -0.295 e. The minimum atomic E-state index is -0.857. The molecule has 0 aliphatic rings. The van der Waals surface area contributed by atoms with Gasteiger partial charge in [-0.25, -0.2) is 10.2 Å². The molecule has 9 heteroatoms. The average molecular weight is 552 g/mol. The summed E-state index contributed by atoms with van der Waals surface area (Å²) in [4.78, 5) is 43.4. The van der Waals surface area contributed by atoms with Crippen molar-refractivity contribution in [3.63, 3.8) is 0 Å². The smallest absolute Gasteiger partial charge is 0.295 e. The Kier molecular flexibility index (Phi) is 11.5. The molecule has 0 radical (unpaired) electrons. The number of halogens is 1. The predicted octanol–water partition coefficient (Wildman–Crippen LogP) is 6.92. The quantitative estimate of drug-likeness (QED) is 0.0786. The normalized spacial score (nSPS) is 11.2. The molecule has 0 aliphatic carbocycles. The van der Waals surface area contributed by atoms with E-state index in [9.17, 15) is 14.4 Å². The number of carbonyl (C=O) groups is 3. The van der Waals surface area contributed by atoms with Gasteiger partial charge in [-0.15, -0.1) is 0 Å². The average Bonchev–Trinajstić information content (AvgIpc) is 2.94. The van der Waals surface area contributed by atoms with Crippen LogP contribution in [-0.2, 0) is 4.84 Å². The third-order valence-electron chi connectivity index (χ3n) is 5.60. The lowest BCUT2D eigenvalue weighted by atomic mass is 9.99. The molecule has 3 rings (SSSR count). The van der Waals surface area contributed by atoms with Gasteiger partial charge in [0.15, 0.2) is 5.78 Å². The van der Waals surface area contributed by atoms with Gasteiger partial charge in [-0.05, 0) is 67.4 Å². The molecule has 2 N–H and O–H groups in total. The van der Waals surface area contributed by atoms with Crippen LogP contribution in [0.1, 0.15) is 64.4 Å². The van der Waals surface area contributed by atoms with Crippen LogP contribution < -0.4 is 10.9 Å². The van der Waals surface area contributed by atoms with E-state index in [1.165, 1.54) is 11.8 Å². The lowest BCUT2D eigenvalue weighted by Crippen LogP contribution is -2.37. The maximum Gasteiger partial charge on any atom is 0.447 e. The van der Waals surface area contributed by atoms with Gasteiger partial charge in [0.05, 0.1) is 0 Å². The Hall–Kier alpha value is -3.46. The molecule has 0 bridgehead atoms. The van der Waals surface area contributed by atoms with Crippen molar-refractivity contribution in [2.24, 2.45) is 5.16 Å². The molecule has 3 aromatic carbocycles. The largest absolute Gasteiger partial charge is 0.447 e. The van der Waals surface area contributed by atoms with Crippen LogP contribution in [-0.4, -0.2) is 29.4 Å². The Balaban J connectivity index is 1.50. The van der Waals surface area contributed by atoms with E-state index in [-0.39, 0.29) is 5.78 Å². The number of nitrogens with zero attached hydrogens (tertiary/aromatic N) is 1. The number of oxime groups is 1. The predicted molar refractivity (Wildman–Crippen MR) is 151 cm³/mol. The van der Waals surface area contributed by atoms with E-state index in [4.69, 9.17) is 11.6 Å². The first-order chi connectivity index (χ1) is 18.4. The van der Waals surface area contributed by atoms with Crippen LogP contribution in [0.5, 0.6) is 0 Å². The summed E-state index contributed by atoms with van der Waals surface area (Å²) in [5.41, 5.74) is 7.63. The van der Waals surface area contributed by atoms with Crippen LogP contribution >= 0.6 is 23.4 Å². The SMILES string of the molecule is CCCCCCNNC(=O)O/N=C(\Cl)C(=O)c1ccc(Sc2ccc(C(=O)c3ccccc3C)cc2)cc1. The van der Waals surface area contributed by atoms with Crippen molar-refractivity contribution in [3.05, 3.63) is 95.1 Å². The number of nitrogens with one attached hydrogen (secondary N) is 2. The van der Waals surface area contributed by atoms with Gasteiger partial charge in [0, 0.05) is 33.0 Å². The van der Waals surface area contributed by atoms with E-state index in [1.807, 2.05) is 55.5 Å². The van der Waals surface area contributed by atoms with Gasteiger partial charge in [-0.1, -0.05) is 79.0 Å². The Labute approximate surface area is 232 Å². The van der Waals surface area contributed by atoms with Crippen molar-refractivity contribution in [1.29, 1.82) is 0 Å². The van der Waals surface area contributed by atoms with Gasteiger partial charge in [0.25, 0.3) is 0 Å². The second-order valence-corrected chi connectivity index (χ2v) is 10.0. The molecule has 0 fully saturated rings. The summed E-state index contributed by atoms with van der Waals surface area (Å²) in [7, 11) is 0. The number of hydrogen-bond acceptors (Lipinski definition) is 7. The molecule has 0 atom stereocenters. The fourth-order valence-corrected chi connectivity index (χ4v) is 4.47. The number of benzene rings is 3. The maximum atomic E-state index is 12.8. The number of unbranched alkanes of at least 4 members (excludes halogenated alkanes) is 3. The minimum absolute atomic E-state index is 0.0128. The van der Waals surface area contributed by atoms with Crippen molar-refractivity contribution in [2.75, 3.05) is 6.54 Å². The number of Topliss-reactive ketones (excluding diaryl/α,β-unsaturated/α-hetero) is 1. The molecule has 0 unspecified atom stereocenters. The van der Waals surface area contributed by atoms with E-state index < -0.39 is 17.0 Å². The van der Waals surface area contributed by atoms with Crippen molar-refractivity contribution in [3.8, 4) is 0 Å². The third-order valence-corrected chi connectivity index (χ3v) is 6.86. The highest BCUT2D eigenvalue weighted by molar-refractivity contribution is 7.99. The Morgan fingerprint density at radius 3 is 2.13 bits per heavy atom. The molecule has 1 amide bonds. The zero-order chi connectivity index (χ0) is 27.3. The molecule has 0 aromatic heterocycles. The lowest BCUT2D eigenvalue weighted by Gasteiger charge is -2.07. The van der Waals surface area contributed by atoms with Crippen LogP contribution in [0.4, 0.5) is 4.79 Å². The molecule has 38 heavy (non-hydrogen) atoms. The molecular weight excluding hydrogens is 522 g/mol. The number of hydrazine groups is 1. The summed E-state index contributed by atoms with van der Waals surface area (Å²) >= 11 is 7.43. The molecule has 3 aromatic rings. The Bertz CT molecular complexity index is 1280. The van der Waals surface area contributed by atoms with Gasteiger partial charge in [0.1, 0.15) is 0 Å². The molecule has 0 saturated heterocycles. The second-order valence-electron chi connectivity index (χ2n) is 8.50. The molecule has 0 saturated carbocycles. The van der Waals surface area contributed by atoms with Crippen LogP contribution in [0.25, 0.3) is 0 Å². The standard InChI is InChI=1S/C29H30ClN3O4S/c1-3-4-5-8-19-31-32-29(36)37-33-28(30)27(35)22-13-17-24(18-14-22)38-23-15-11-21(12-16-23)26(34)25-10-7-6-9-20(25)2/h6-7,9-18,31H,3-5,8,19H2,1-2H3,(H,32,36)/b33-28-. The Morgan fingerprint density at radius 2 is 1.50 bits per heavy atom. The van der Waals surface area contributed by atoms with Crippen molar-refractivity contribution in [2.45, 2.75) is 49.3 Å². The van der Waals surface area contributed by atoms with Gasteiger partial charge < -0.3 is 0 Å². The van der Waals surface area contributed by atoms with E-state index in [0.717, 1.165) is 41.0 Å². The van der Waals surface area contributed by atoms with E-state index >= 15 is 0 Å². The Morgan fingerprint density at radius 1 is 0.868 bits per heavy atom. The van der Waals surface area contributed by atoms with Gasteiger partial charge in [-0.3, -0.25) is 19.9 Å². The highest BCUT2D eigenvalue weighted by Gasteiger charge is 2.15. The summed E-state index contributed by atoms with van der Waals surface area (Å²) in [6.07, 6.45) is 3.40. The fraction of sp³-hybridized carbons (Fsp3) is 0.241. The first-order valence-corrected chi connectivity index (χ1v) is 13.5. The van der Waals surface area contributed by atoms with Gasteiger partial charge in [-0.2, -0.15) is 0 Å². The number of carbonyl (C=O) groups excluding carboxylic acids is 3. The number of hydrogen-bond donors (Lipinski definition) is 2. The molecule has 0 heterocycles. The van der Waals surface area contributed by atoms with E-state index in [1.54, 1.807) is 24.3 Å². The monoisotopic (exact) mass is 551 g/mol. The summed E-state index contributed by atoms with van der Waals surface area (Å²) in [6, 6.07) is 21.7. The maximum absolute atomic E-state index is 12.8. The summed E-state index contributed by atoms with van der Waals surface area (Å²) in [5.74, 6) is -0.580. The zero-order valence-electron chi connectivity index (χ0n) is 21.3. The van der Waals surface area contributed by atoms with Crippen LogP contribution in [0.2, 0.25) is 0 Å². The number of rotatable bonds is 13. The molecule has 198 valence electrons. The van der Waals surface area contributed by atoms with Crippen LogP contribution in [0.15, 0.2) is 87.7 Å². The highest BCUT2D eigenvalue weighted by atomic mass is 35.5. The fourth-order valence-electron chi connectivity index (χ4n) is 3.51. The van der Waals surface area contributed by atoms with Crippen molar-refractivity contribution in [1.82, 2.24) is 10.9 Å². The summed E-state index contributed by atoms with van der Waals surface area (Å²) in [5, 5.41) is 2.96. The first kappa shape index (κ1) is 29.1. The van der Waals surface area contributed by atoms with Gasteiger partial charge >= 0.3 is 6.09 Å². The zero-order valence-corrected chi connectivity index (χ0v) is 22.9. The number of aryl methyl sites for hydroxylation is 1.